The Labute approximate surface area is 117 Å². The molecule has 0 amide bonds. The SMILES string of the molecule is Cc1ccc(-c2cccc(Cl)c2Cl)cc1CC#N. The van der Waals surface area contributed by atoms with Crippen molar-refractivity contribution in [1.29, 1.82) is 5.26 Å². The topological polar surface area (TPSA) is 23.8 Å². The lowest BCUT2D eigenvalue weighted by atomic mass is 9.98. The van der Waals surface area contributed by atoms with Gasteiger partial charge in [-0.3, -0.25) is 0 Å². The minimum absolute atomic E-state index is 0.401. The first-order chi connectivity index (χ1) is 8.63. The molecule has 0 aliphatic carbocycles. The van der Waals surface area contributed by atoms with Gasteiger partial charge in [0.15, 0.2) is 0 Å². The van der Waals surface area contributed by atoms with Gasteiger partial charge >= 0.3 is 0 Å². The van der Waals surface area contributed by atoms with Gasteiger partial charge in [0.05, 0.1) is 22.5 Å². The number of nitriles is 1. The van der Waals surface area contributed by atoms with Crippen molar-refractivity contribution in [2.24, 2.45) is 0 Å². The van der Waals surface area contributed by atoms with Crippen LogP contribution in [0.15, 0.2) is 36.4 Å². The van der Waals surface area contributed by atoms with Gasteiger partial charge in [0.1, 0.15) is 0 Å². The first kappa shape index (κ1) is 13.0. The maximum Gasteiger partial charge on any atom is 0.0670 e. The standard InChI is InChI=1S/C15H11Cl2N/c1-10-5-6-12(9-11(10)7-8-18)13-3-2-4-14(16)15(13)17/h2-6,9H,7H2,1H3. The second-order valence-electron chi connectivity index (χ2n) is 4.08. The largest absolute Gasteiger partial charge is 0.198 e. The van der Waals surface area contributed by atoms with Crippen molar-refractivity contribution in [3.63, 3.8) is 0 Å². The van der Waals surface area contributed by atoms with Gasteiger partial charge < -0.3 is 0 Å². The monoisotopic (exact) mass is 275 g/mol. The fourth-order valence-corrected chi connectivity index (χ4v) is 2.25. The number of halogens is 2. The molecule has 0 spiro atoms. The van der Waals surface area contributed by atoms with E-state index in [2.05, 4.69) is 6.07 Å². The Kier molecular flexibility index (Phi) is 3.91. The number of benzene rings is 2. The highest BCUT2D eigenvalue weighted by atomic mass is 35.5. The van der Waals surface area contributed by atoms with Crippen LogP contribution >= 0.6 is 23.2 Å². The van der Waals surface area contributed by atoms with Crippen molar-refractivity contribution < 1.29 is 0 Å². The third kappa shape index (κ3) is 2.51. The average Bonchev–Trinajstić information content (AvgIpc) is 2.36. The van der Waals surface area contributed by atoms with Gasteiger partial charge in [-0.1, -0.05) is 47.5 Å². The Morgan fingerprint density at radius 3 is 2.67 bits per heavy atom. The summed E-state index contributed by atoms with van der Waals surface area (Å²) in [5, 5.41) is 9.89. The van der Waals surface area contributed by atoms with Crippen LogP contribution in [0.3, 0.4) is 0 Å². The Bertz CT molecular complexity index is 627. The van der Waals surface area contributed by atoms with Crippen LogP contribution in [-0.2, 0) is 6.42 Å². The molecule has 90 valence electrons. The first-order valence-corrected chi connectivity index (χ1v) is 6.30. The van der Waals surface area contributed by atoms with E-state index in [9.17, 15) is 0 Å². The van der Waals surface area contributed by atoms with Gasteiger partial charge in [-0.15, -0.1) is 0 Å². The molecule has 0 aliphatic rings. The molecular weight excluding hydrogens is 265 g/mol. The van der Waals surface area contributed by atoms with E-state index in [4.69, 9.17) is 28.5 Å². The van der Waals surface area contributed by atoms with Crippen molar-refractivity contribution in [2.75, 3.05) is 0 Å². The number of aryl methyl sites for hydroxylation is 1. The molecule has 0 saturated heterocycles. The molecule has 0 atom stereocenters. The maximum atomic E-state index is 8.81. The quantitative estimate of drug-likeness (QED) is 0.754. The highest BCUT2D eigenvalue weighted by Crippen LogP contribution is 2.34. The van der Waals surface area contributed by atoms with Gasteiger partial charge in [-0.2, -0.15) is 5.26 Å². The summed E-state index contributed by atoms with van der Waals surface area (Å²) in [6.45, 7) is 2.00. The summed E-state index contributed by atoms with van der Waals surface area (Å²) in [6, 6.07) is 13.7. The molecule has 0 N–H and O–H groups in total. The minimum atomic E-state index is 0.401. The molecule has 0 fully saturated rings. The van der Waals surface area contributed by atoms with E-state index >= 15 is 0 Å². The lowest BCUT2D eigenvalue weighted by Gasteiger charge is -2.09. The molecule has 0 heterocycles. The molecule has 0 radical (unpaired) electrons. The fourth-order valence-electron chi connectivity index (χ4n) is 1.84. The molecular formula is C15H11Cl2N. The van der Waals surface area contributed by atoms with Crippen LogP contribution in [0.25, 0.3) is 11.1 Å². The molecule has 3 heteroatoms. The molecule has 0 saturated carbocycles. The number of hydrogen-bond donors (Lipinski definition) is 0. The van der Waals surface area contributed by atoms with Crippen LogP contribution in [-0.4, -0.2) is 0 Å². The van der Waals surface area contributed by atoms with E-state index in [-0.39, 0.29) is 0 Å². The predicted octanol–water partition coefficient (Wildman–Crippen LogP) is 5.03. The zero-order chi connectivity index (χ0) is 13.1. The van der Waals surface area contributed by atoms with Crippen molar-refractivity contribution in [2.45, 2.75) is 13.3 Å². The van der Waals surface area contributed by atoms with Crippen molar-refractivity contribution in [1.82, 2.24) is 0 Å². The van der Waals surface area contributed by atoms with Crippen LogP contribution in [0.1, 0.15) is 11.1 Å². The van der Waals surface area contributed by atoms with Crippen LogP contribution in [0, 0.1) is 18.3 Å². The van der Waals surface area contributed by atoms with Gasteiger partial charge in [-0.25, -0.2) is 0 Å². The Morgan fingerprint density at radius 2 is 1.94 bits per heavy atom. The van der Waals surface area contributed by atoms with Gasteiger partial charge in [0, 0.05) is 5.56 Å². The Balaban J connectivity index is 2.55. The lowest BCUT2D eigenvalue weighted by Crippen LogP contribution is -1.89. The third-order valence-corrected chi connectivity index (χ3v) is 3.70. The smallest absolute Gasteiger partial charge is 0.0670 e. The van der Waals surface area contributed by atoms with E-state index in [1.54, 1.807) is 6.07 Å². The van der Waals surface area contributed by atoms with Crippen LogP contribution in [0.4, 0.5) is 0 Å². The summed E-state index contributed by atoms with van der Waals surface area (Å²) in [5.74, 6) is 0. The van der Waals surface area contributed by atoms with E-state index in [1.165, 1.54) is 0 Å². The van der Waals surface area contributed by atoms with Crippen molar-refractivity contribution >= 4 is 23.2 Å². The number of hydrogen-bond acceptors (Lipinski definition) is 1. The molecule has 0 aliphatic heterocycles. The normalized spacial score (nSPS) is 10.1. The highest BCUT2D eigenvalue weighted by Gasteiger charge is 2.08. The van der Waals surface area contributed by atoms with Crippen molar-refractivity contribution in [3.05, 3.63) is 57.6 Å². The molecule has 0 unspecified atom stereocenters. The van der Waals surface area contributed by atoms with E-state index in [0.717, 1.165) is 22.3 Å². The summed E-state index contributed by atoms with van der Waals surface area (Å²) in [7, 11) is 0. The molecule has 2 rings (SSSR count). The van der Waals surface area contributed by atoms with Crippen LogP contribution in [0.2, 0.25) is 10.0 Å². The average molecular weight is 276 g/mol. The molecule has 2 aromatic rings. The van der Waals surface area contributed by atoms with Crippen LogP contribution < -0.4 is 0 Å². The molecule has 0 aromatic heterocycles. The second kappa shape index (κ2) is 5.44. The van der Waals surface area contributed by atoms with Crippen LogP contribution in [0.5, 0.6) is 0 Å². The number of rotatable bonds is 2. The van der Waals surface area contributed by atoms with Gasteiger partial charge in [-0.05, 0) is 35.7 Å². The van der Waals surface area contributed by atoms with Gasteiger partial charge in [0.25, 0.3) is 0 Å². The lowest BCUT2D eigenvalue weighted by molar-refractivity contribution is 1.21. The third-order valence-electron chi connectivity index (χ3n) is 2.88. The summed E-state index contributed by atoms with van der Waals surface area (Å²) in [6.07, 6.45) is 0.401. The summed E-state index contributed by atoms with van der Waals surface area (Å²) >= 11 is 12.2. The Hall–Kier alpha value is -1.49. The first-order valence-electron chi connectivity index (χ1n) is 5.54. The fraction of sp³-hybridized carbons (Fsp3) is 0.133. The maximum absolute atomic E-state index is 8.81. The second-order valence-corrected chi connectivity index (χ2v) is 4.86. The molecule has 2 aromatic carbocycles. The van der Waals surface area contributed by atoms with Gasteiger partial charge in [0.2, 0.25) is 0 Å². The summed E-state index contributed by atoms with van der Waals surface area (Å²) < 4.78 is 0. The molecule has 18 heavy (non-hydrogen) atoms. The minimum Gasteiger partial charge on any atom is -0.198 e. The summed E-state index contributed by atoms with van der Waals surface area (Å²) in [4.78, 5) is 0. The van der Waals surface area contributed by atoms with E-state index in [0.29, 0.717) is 16.5 Å². The molecule has 1 nitrogen and oxygen atoms in total. The predicted molar refractivity (Wildman–Crippen MR) is 76.0 cm³/mol. The zero-order valence-electron chi connectivity index (χ0n) is 9.87. The van der Waals surface area contributed by atoms with E-state index < -0.39 is 0 Å². The van der Waals surface area contributed by atoms with Crippen molar-refractivity contribution in [3.8, 4) is 17.2 Å². The highest BCUT2D eigenvalue weighted by molar-refractivity contribution is 6.43. The zero-order valence-corrected chi connectivity index (χ0v) is 11.4. The summed E-state index contributed by atoms with van der Waals surface area (Å²) in [5.41, 5.74) is 4.01. The number of nitrogens with zero attached hydrogens (tertiary/aromatic N) is 1. The Morgan fingerprint density at radius 1 is 1.17 bits per heavy atom. The molecule has 0 bridgehead atoms. The van der Waals surface area contributed by atoms with E-state index in [1.807, 2.05) is 37.3 Å².